The number of H-pyrrole nitrogens is 1. The number of aromatic nitrogens is 2. The second-order valence-corrected chi connectivity index (χ2v) is 9.98. The van der Waals surface area contributed by atoms with Crippen molar-refractivity contribution in [2.75, 3.05) is 26.7 Å². The number of amides is 2. The molecule has 3 heterocycles. The standard InChI is InChI=1S/C28H33N5O4/c1-18-7-8-21-13-26(18)37-23-6-4-5-20(12-23)17-36-25-9-10-33(14-22-11-19(2)30-31-22)15-24(25)29-27(34)16-32(3)28(21)35/h4-8,11-13,24-25H,9-10,14-17H2,1-3H3,(H,29,34)(H,30,31)/t24-,25+/m0/s1. The molecule has 2 N–H and O–H groups in total. The first-order chi connectivity index (χ1) is 17.8. The van der Waals surface area contributed by atoms with Gasteiger partial charge in [0.25, 0.3) is 5.91 Å². The van der Waals surface area contributed by atoms with Crippen molar-refractivity contribution >= 4 is 11.8 Å². The molecule has 2 aliphatic rings. The average Bonchev–Trinajstić information content (AvgIpc) is 3.28. The summed E-state index contributed by atoms with van der Waals surface area (Å²) >= 11 is 0. The number of carbonyl (C=O) groups excluding carboxylic acids is 2. The molecule has 0 saturated carbocycles. The molecule has 0 radical (unpaired) electrons. The predicted octanol–water partition coefficient (Wildman–Crippen LogP) is 3.18. The number of rotatable bonds is 2. The van der Waals surface area contributed by atoms with Crippen LogP contribution in [-0.2, 0) is 22.7 Å². The number of hydrogen-bond donors (Lipinski definition) is 2. The highest BCUT2D eigenvalue weighted by atomic mass is 16.5. The van der Waals surface area contributed by atoms with Crippen LogP contribution >= 0.6 is 0 Å². The van der Waals surface area contributed by atoms with Crippen LogP contribution < -0.4 is 10.1 Å². The number of fused-ring (bicyclic) bond motifs is 5. The summed E-state index contributed by atoms with van der Waals surface area (Å²) in [5.41, 5.74) is 4.35. The van der Waals surface area contributed by atoms with Gasteiger partial charge >= 0.3 is 0 Å². The summed E-state index contributed by atoms with van der Waals surface area (Å²) in [6.07, 6.45) is 0.609. The number of benzene rings is 2. The second-order valence-electron chi connectivity index (χ2n) is 9.98. The number of nitrogens with zero attached hydrogens (tertiary/aromatic N) is 3. The topological polar surface area (TPSA) is 99.8 Å². The number of carbonyl (C=O) groups is 2. The molecule has 0 aliphatic carbocycles. The molecule has 3 aromatic rings. The van der Waals surface area contributed by atoms with Gasteiger partial charge in [0.15, 0.2) is 0 Å². The molecule has 2 atom stereocenters. The molecule has 1 aromatic heterocycles. The van der Waals surface area contributed by atoms with Gasteiger partial charge in [-0.2, -0.15) is 5.10 Å². The molecule has 0 unspecified atom stereocenters. The Morgan fingerprint density at radius 1 is 1.11 bits per heavy atom. The SMILES string of the molecule is Cc1cc(CN2CC[C@H]3OCc4cccc(c4)Oc4cc(ccc4C)C(=O)N(C)CC(=O)N[C@H]3C2)n[nH]1. The highest BCUT2D eigenvalue weighted by Crippen LogP contribution is 2.28. The summed E-state index contributed by atoms with van der Waals surface area (Å²) in [6.45, 7) is 6.42. The Morgan fingerprint density at radius 2 is 1.97 bits per heavy atom. The molecule has 1 fully saturated rings. The summed E-state index contributed by atoms with van der Waals surface area (Å²) in [6, 6.07) is 14.9. The maximum absolute atomic E-state index is 13.1. The van der Waals surface area contributed by atoms with Crippen molar-refractivity contribution in [2.45, 2.75) is 45.6 Å². The van der Waals surface area contributed by atoms with E-state index in [1.807, 2.05) is 50.2 Å². The van der Waals surface area contributed by atoms with Gasteiger partial charge in [-0.1, -0.05) is 18.2 Å². The Kier molecular flexibility index (Phi) is 7.25. The van der Waals surface area contributed by atoms with Gasteiger partial charge < -0.3 is 19.7 Å². The zero-order valence-electron chi connectivity index (χ0n) is 21.5. The third-order valence-corrected chi connectivity index (χ3v) is 6.88. The molecule has 2 aliphatic heterocycles. The summed E-state index contributed by atoms with van der Waals surface area (Å²) < 4.78 is 12.5. The van der Waals surface area contributed by atoms with Crippen molar-refractivity contribution < 1.29 is 19.1 Å². The first-order valence-corrected chi connectivity index (χ1v) is 12.6. The number of likely N-dealkylation sites (tertiary alicyclic amines) is 1. The van der Waals surface area contributed by atoms with Crippen molar-refractivity contribution in [3.8, 4) is 11.5 Å². The van der Waals surface area contributed by atoms with E-state index >= 15 is 0 Å². The van der Waals surface area contributed by atoms with Gasteiger partial charge in [0, 0.05) is 37.9 Å². The van der Waals surface area contributed by atoms with Crippen molar-refractivity contribution in [2.24, 2.45) is 0 Å². The van der Waals surface area contributed by atoms with E-state index in [0.717, 1.165) is 35.5 Å². The minimum absolute atomic E-state index is 0.0519. The lowest BCUT2D eigenvalue weighted by Crippen LogP contribution is -2.57. The summed E-state index contributed by atoms with van der Waals surface area (Å²) in [5, 5.41) is 10.5. The van der Waals surface area contributed by atoms with Gasteiger partial charge in [-0.05, 0) is 61.7 Å². The van der Waals surface area contributed by atoms with Crippen LogP contribution in [0.4, 0.5) is 0 Å². The third kappa shape index (κ3) is 6.00. The monoisotopic (exact) mass is 503 g/mol. The molecule has 4 bridgehead atoms. The number of piperidine rings is 1. The first kappa shape index (κ1) is 25.0. The Hall–Kier alpha value is -3.69. The smallest absolute Gasteiger partial charge is 0.254 e. The van der Waals surface area contributed by atoms with Crippen LogP contribution in [0.15, 0.2) is 48.5 Å². The van der Waals surface area contributed by atoms with Crippen molar-refractivity contribution in [3.05, 3.63) is 76.6 Å². The second kappa shape index (κ2) is 10.7. The van der Waals surface area contributed by atoms with E-state index in [0.29, 0.717) is 36.8 Å². The fourth-order valence-electron chi connectivity index (χ4n) is 4.90. The normalized spacial score (nSPS) is 21.2. The quantitative estimate of drug-likeness (QED) is 0.557. The summed E-state index contributed by atoms with van der Waals surface area (Å²) in [5.74, 6) is 0.828. The molecule has 37 heavy (non-hydrogen) atoms. The number of aromatic amines is 1. The zero-order valence-corrected chi connectivity index (χ0v) is 21.5. The van der Waals surface area contributed by atoms with E-state index in [9.17, 15) is 9.59 Å². The molecule has 2 aromatic carbocycles. The number of hydrogen-bond acceptors (Lipinski definition) is 6. The van der Waals surface area contributed by atoms with E-state index in [2.05, 4.69) is 20.4 Å². The number of likely N-dealkylation sites (N-methyl/N-ethyl adjacent to an activating group) is 1. The van der Waals surface area contributed by atoms with Crippen LogP contribution in [-0.4, -0.2) is 70.6 Å². The highest BCUT2D eigenvalue weighted by Gasteiger charge is 2.32. The van der Waals surface area contributed by atoms with E-state index in [4.69, 9.17) is 9.47 Å². The molecule has 194 valence electrons. The molecule has 9 heteroatoms. The van der Waals surface area contributed by atoms with Gasteiger partial charge in [0.05, 0.1) is 31.0 Å². The van der Waals surface area contributed by atoms with Crippen molar-refractivity contribution in [1.29, 1.82) is 0 Å². The van der Waals surface area contributed by atoms with Crippen LogP contribution in [0.3, 0.4) is 0 Å². The molecule has 0 spiro atoms. The van der Waals surface area contributed by atoms with Gasteiger partial charge in [0.1, 0.15) is 11.5 Å². The molecule has 9 nitrogen and oxygen atoms in total. The fraction of sp³-hybridized carbons (Fsp3) is 0.393. The highest BCUT2D eigenvalue weighted by molar-refractivity contribution is 5.96. The third-order valence-electron chi connectivity index (χ3n) is 6.88. The van der Waals surface area contributed by atoms with Crippen LogP contribution in [0, 0.1) is 13.8 Å². The van der Waals surface area contributed by atoms with Crippen LogP contribution in [0.5, 0.6) is 11.5 Å². The molecule has 2 amide bonds. The lowest BCUT2D eigenvalue weighted by molar-refractivity contribution is -0.125. The molecule has 5 rings (SSSR count). The predicted molar refractivity (Wildman–Crippen MR) is 138 cm³/mol. The Balaban J connectivity index is 1.39. The Morgan fingerprint density at radius 3 is 2.78 bits per heavy atom. The van der Waals surface area contributed by atoms with Crippen LogP contribution in [0.25, 0.3) is 0 Å². The largest absolute Gasteiger partial charge is 0.457 e. The minimum atomic E-state index is -0.243. The van der Waals surface area contributed by atoms with E-state index in [1.54, 1.807) is 19.2 Å². The average molecular weight is 504 g/mol. The molecule has 1 saturated heterocycles. The Bertz CT molecular complexity index is 1290. The van der Waals surface area contributed by atoms with Crippen LogP contribution in [0.2, 0.25) is 0 Å². The van der Waals surface area contributed by atoms with Crippen LogP contribution in [0.1, 0.15) is 39.3 Å². The lowest BCUT2D eigenvalue weighted by atomic mass is 10.0. The van der Waals surface area contributed by atoms with E-state index in [-0.39, 0.29) is 30.5 Å². The summed E-state index contributed by atoms with van der Waals surface area (Å²) in [7, 11) is 1.63. The van der Waals surface area contributed by atoms with Crippen molar-refractivity contribution in [1.82, 2.24) is 25.3 Å². The van der Waals surface area contributed by atoms with E-state index < -0.39 is 0 Å². The fourth-order valence-corrected chi connectivity index (χ4v) is 4.90. The lowest BCUT2D eigenvalue weighted by Gasteiger charge is -2.38. The summed E-state index contributed by atoms with van der Waals surface area (Å²) in [4.78, 5) is 29.9. The zero-order chi connectivity index (χ0) is 25.9. The number of aryl methyl sites for hydroxylation is 2. The van der Waals surface area contributed by atoms with Gasteiger partial charge in [-0.3, -0.25) is 19.6 Å². The number of nitrogens with one attached hydrogen (secondary N) is 2. The maximum atomic E-state index is 13.1. The minimum Gasteiger partial charge on any atom is -0.457 e. The molecular formula is C28H33N5O4. The molecular weight excluding hydrogens is 470 g/mol. The number of ether oxygens (including phenoxy) is 2. The Labute approximate surface area is 216 Å². The van der Waals surface area contributed by atoms with Gasteiger partial charge in [0.2, 0.25) is 5.91 Å². The first-order valence-electron chi connectivity index (χ1n) is 12.6. The van der Waals surface area contributed by atoms with Crippen molar-refractivity contribution in [3.63, 3.8) is 0 Å². The van der Waals surface area contributed by atoms with Gasteiger partial charge in [-0.25, -0.2) is 0 Å². The maximum Gasteiger partial charge on any atom is 0.254 e. The van der Waals surface area contributed by atoms with Gasteiger partial charge in [-0.15, -0.1) is 0 Å². The van der Waals surface area contributed by atoms with E-state index in [1.165, 1.54) is 4.90 Å².